The highest BCUT2D eigenvalue weighted by atomic mass is 32.2. The summed E-state index contributed by atoms with van der Waals surface area (Å²) in [5.41, 5.74) is 4.71. The SMILES string of the molecule is CNCc1cc(S(=O)(=O)NCCc2cscn2)ccc1C. The number of nitrogens with zero attached hydrogens (tertiary/aromatic N) is 1. The second-order valence-electron chi connectivity index (χ2n) is 4.75. The number of rotatable bonds is 7. The van der Waals surface area contributed by atoms with Crippen molar-refractivity contribution in [2.45, 2.75) is 24.8 Å². The van der Waals surface area contributed by atoms with E-state index < -0.39 is 10.0 Å². The molecule has 114 valence electrons. The molecule has 2 N–H and O–H groups in total. The topological polar surface area (TPSA) is 71.1 Å². The van der Waals surface area contributed by atoms with Crippen molar-refractivity contribution in [3.05, 3.63) is 45.9 Å². The zero-order valence-corrected chi connectivity index (χ0v) is 13.7. The van der Waals surface area contributed by atoms with Gasteiger partial charge in [-0.2, -0.15) is 0 Å². The summed E-state index contributed by atoms with van der Waals surface area (Å²) in [5, 5.41) is 4.96. The molecule has 0 saturated carbocycles. The summed E-state index contributed by atoms with van der Waals surface area (Å²) in [4.78, 5) is 4.44. The van der Waals surface area contributed by atoms with E-state index in [2.05, 4.69) is 15.0 Å². The number of aryl methyl sites for hydroxylation is 1. The molecule has 1 aromatic heterocycles. The summed E-state index contributed by atoms with van der Waals surface area (Å²) in [6.07, 6.45) is 0.595. The van der Waals surface area contributed by atoms with Crippen LogP contribution in [0.25, 0.3) is 0 Å². The second kappa shape index (κ2) is 7.13. The fraction of sp³-hybridized carbons (Fsp3) is 0.357. The van der Waals surface area contributed by atoms with E-state index in [4.69, 9.17) is 0 Å². The number of benzene rings is 1. The maximum Gasteiger partial charge on any atom is 0.240 e. The van der Waals surface area contributed by atoms with E-state index in [1.165, 1.54) is 11.3 Å². The zero-order valence-electron chi connectivity index (χ0n) is 12.1. The fourth-order valence-corrected chi connectivity index (χ4v) is 3.63. The molecule has 0 aliphatic rings. The highest BCUT2D eigenvalue weighted by Gasteiger charge is 2.14. The van der Waals surface area contributed by atoms with Crippen LogP contribution < -0.4 is 10.0 Å². The van der Waals surface area contributed by atoms with E-state index in [0.717, 1.165) is 16.8 Å². The lowest BCUT2D eigenvalue weighted by molar-refractivity contribution is 0.581. The van der Waals surface area contributed by atoms with Crippen molar-refractivity contribution in [2.75, 3.05) is 13.6 Å². The third kappa shape index (κ3) is 4.34. The van der Waals surface area contributed by atoms with Crippen molar-refractivity contribution >= 4 is 21.4 Å². The first kappa shape index (κ1) is 16.1. The van der Waals surface area contributed by atoms with Gasteiger partial charge in [0.25, 0.3) is 0 Å². The number of thiazole rings is 1. The lowest BCUT2D eigenvalue weighted by atomic mass is 10.1. The highest BCUT2D eigenvalue weighted by molar-refractivity contribution is 7.89. The molecule has 0 atom stereocenters. The summed E-state index contributed by atoms with van der Waals surface area (Å²) in [5.74, 6) is 0. The Morgan fingerprint density at radius 2 is 2.14 bits per heavy atom. The molecule has 5 nitrogen and oxygen atoms in total. The Bertz CT molecular complexity index is 682. The normalized spacial score (nSPS) is 11.7. The number of hydrogen-bond acceptors (Lipinski definition) is 5. The van der Waals surface area contributed by atoms with Crippen LogP contribution >= 0.6 is 11.3 Å². The van der Waals surface area contributed by atoms with Gasteiger partial charge in [0.2, 0.25) is 10.0 Å². The quantitative estimate of drug-likeness (QED) is 0.813. The number of hydrogen-bond donors (Lipinski definition) is 2. The zero-order chi connectivity index (χ0) is 15.3. The molecule has 0 aliphatic carbocycles. The third-order valence-electron chi connectivity index (χ3n) is 3.15. The molecule has 0 aliphatic heterocycles. The van der Waals surface area contributed by atoms with Gasteiger partial charge in [-0.25, -0.2) is 18.1 Å². The Morgan fingerprint density at radius 3 is 2.81 bits per heavy atom. The van der Waals surface area contributed by atoms with Gasteiger partial charge in [0.15, 0.2) is 0 Å². The summed E-state index contributed by atoms with van der Waals surface area (Å²) in [6.45, 7) is 2.97. The van der Waals surface area contributed by atoms with Crippen LogP contribution in [-0.4, -0.2) is 27.0 Å². The number of aromatic nitrogens is 1. The molecule has 0 amide bonds. The third-order valence-corrected chi connectivity index (χ3v) is 5.25. The number of nitrogens with one attached hydrogen (secondary N) is 2. The summed E-state index contributed by atoms with van der Waals surface area (Å²) >= 11 is 1.51. The van der Waals surface area contributed by atoms with Gasteiger partial charge in [0, 0.05) is 24.9 Å². The minimum Gasteiger partial charge on any atom is -0.316 e. The molecule has 1 aromatic carbocycles. The van der Waals surface area contributed by atoms with Crippen molar-refractivity contribution < 1.29 is 8.42 Å². The molecule has 0 saturated heterocycles. The van der Waals surface area contributed by atoms with E-state index in [1.54, 1.807) is 17.6 Å². The first-order chi connectivity index (χ1) is 10.0. The van der Waals surface area contributed by atoms with Crippen molar-refractivity contribution in [2.24, 2.45) is 0 Å². The Hall–Kier alpha value is -1.28. The monoisotopic (exact) mass is 325 g/mol. The van der Waals surface area contributed by atoms with Crippen LogP contribution in [0.5, 0.6) is 0 Å². The molecular weight excluding hydrogens is 306 g/mol. The molecule has 2 aromatic rings. The maximum absolute atomic E-state index is 12.3. The average molecular weight is 325 g/mol. The van der Waals surface area contributed by atoms with Gasteiger partial charge >= 0.3 is 0 Å². The van der Waals surface area contributed by atoms with Gasteiger partial charge in [-0.05, 0) is 37.2 Å². The Balaban J connectivity index is 2.06. The minimum atomic E-state index is -3.47. The molecule has 21 heavy (non-hydrogen) atoms. The lowest BCUT2D eigenvalue weighted by Gasteiger charge is -2.10. The smallest absolute Gasteiger partial charge is 0.240 e. The molecule has 0 fully saturated rings. The van der Waals surface area contributed by atoms with Crippen LogP contribution in [0.1, 0.15) is 16.8 Å². The van der Waals surface area contributed by atoms with Crippen molar-refractivity contribution in [1.29, 1.82) is 0 Å². The predicted molar refractivity (Wildman–Crippen MR) is 84.9 cm³/mol. The van der Waals surface area contributed by atoms with Crippen LogP contribution in [0, 0.1) is 6.92 Å². The molecule has 0 spiro atoms. The summed E-state index contributed by atoms with van der Waals surface area (Å²) in [7, 11) is -1.63. The van der Waals surface area contributed by atoms with Gasteiger partial charge in [-0.1, -0.05) is 6.07 Å². The largest absolute Gasteiger partial charge is 0.316 e. The van der Waals surface area contributed by atoms with Crippen molar-refractivity contribution in [3.63, 3.8) is 0 Å². The standard InChI is InChI=1S/C14H19N3O2S2/c1-11-3-4-14(7-12(11)8-15-2)21(18,19)17-6-5-13-9-20-10-16-13/h3-4,7,9-10,15,17H,5-6,8H2,1-2H3. The van der Waals surface area contributed by atoms with E-state index >= 15 is 0 Å². The van der Waals surface area contributed by atoms with Crippen molar-refractivity contribution in [3.8, 4) is 0 Å². The maximum atomic E-state index is 12.3. The molecule has 0 radical (unpaired) electrons. The van der Waals surface area contributed by atoms with E-state index in [9.17, 15) is 8.42 Å². The number of sulfonamides is 1. The van der Waals surface area contributed by atoms with Gasteiger partial charge in [0.05, 0.1) is 16.1 Å². The Morgan fingerprint density at radius 1 is 1.33 bits per heavy atom. The Labute approximate surface area is 129 Å². The average Bonchev–Trinajstić information content (AvgIpc) is 2.94. The molecule has 0 bridgehead atoms. The van der Waals surface area contributed by atoms with Crippen LogP contribution in [0.4, 0.5) is 0 Å². The first-order valence-corrected chi connectivity index (χ1v) is 9.06. The van der Waals surface area contributed by atoms with E-state index in [-0.39, 0.29) is 0 Å². The lowest BCUT2D eigenvalue weighted by Crippen LogP contribution is -2.26. The second-order valence-corrected chi connectivity index (χ2v) is 7.23. The predicted octanol–water partition coefficient (Wildman–Crippen LogP) is 1.69. The van der Waals surface area contributed by atoms with Gasteiger partial charge < -0.3 is 5.32 Å². The van der Waals surface area contributed by atoms with Gasteiger partial charge in [-0.15, -0.1) is 11.3 Å². The first-order valence-electron chi connectivity index (χ1n) is 6.64. The highest BCUT2D eigenvalue weighted by Crippen LogP contribution is 2.15. The van der Waals surface area contributed by atoms with Crippen LogP contribution in [0.3, 0.4) is 0 Å². The van der Waals surface area contributed by atoms with E-state index in [1.807, 2.05) is 25.4 Å². The summed E-state index contributed by atoms with van der Waals surface area (Å²) < 4.78 is 27.2. The summed E-state index contributed by atoms with van der Waals surface area (Å²) in [6, 6.07) is 5.19. The van der Waals surface area contributed by atoms with Crippen LogP contribution in [-0.2, 0) is 23.0 Å². The molecular formula is C14H19N3O2S2. The molecule has 1 heterocycles. The van der Waals surface area contributed by atoms with Gasteiger partial charge in [-0.3, -0.25) is 0 Å². The van der Waals surface area contributed by atoms with Gasteiger partial charge in [0.1, 0.15) is 0 Å². The van der Waals surface area contributed by atoms with Crippen LogP contribution in [0.2, 0.25) is 0 Å². The van der Waals surface area contributed by atoms with Crippen LogP contribution in [0.15, 0.2) is 34.0 Å². The molecule has 0 unspecified atom stereocenters. The molecule has 2 rings (SSSR count). The minimum absolute atomic E-state index is 0.302. The van der Waals surface area contributed by atoms with E-state index in [0.29, 0.717) is 24.4 Å². The fourth-order valence-electron chi connectivity index (χ4n) is 1.95. The molecule has 7 heteroatoms. The van der Waals surface area contributed by atoms with Crippen molar-refractivity contribution in [1.82, 2.24) is 15.0 Å². The Kier molecular flexibility index (Phi) is 5.46.